The summed E-state index contributed by atoms with van der Waals surface area (Å²) in [6.07, 6.45) is 4.86. The molecule has 0 unspecified atom stereocenters. The summed E-state index contributed by atoms with van der Waals surface area (Å²) >= 11 is 0. The quantitative estimate of drug-likeness (QED) is 0.544. The molecule has 30 heavy (non-hydrogen) atoms. The van der Waals surface area contributed by atoms with Crippen LogP contribution in [-0.4, -0.2) is 62.6 Å². The molecule has 8 heteroatoms. The Morgan fingerprint density at radius 2 is 2.00 bits per heavy atom. The molecule has 1 aliphatic carbocycles. The van der Waals surface area contributed by atoms with Gasteiger partial charge in [0.25, 0.3) is 0 Å². The molecule has 1 aliphatic heterocycles. The number of nitrogens with one attached hydrogen (secondary N) is 1. The van der Waals surface area contributed by atoms with Gasteiger partial charge >= 0.3 is 0 Å². The average Bonchev–Trinajstić information content (AvgIpc) is 3.20. The molecule has 1 saturated heterocycles. The van der Waals surface area contributed by atoms with E-state index >= 15 is 0 Å². The first-order valence-electron chi connectivity index (χ1n) is 10.8. The summed E-state index contributed by atoms with van der Waals surface area (Å²) in [4.78, 5) is 6.84. The fraction of sp³-hybridized carbons (Fsp3) is 0.682. The predicted molar refractivity (Wildman–Crippen MR) is 120 cm³/mol. The lowest BCUT2D eigenvalue weighted by atomic mass is 10.2. The number of nitrogens with zero attached hydrogens (tertiary/aromatic N) is 2. The molecule has 0 radical (unpaired) electrons. The molecule has 168 valence electrons. The lowest BCUT2D eigenvalue weighted by Gasteiger charge is -2.39. The monoisotopic (exact) mass is 437 g/mol. The van der Waals surface area contributed by atoms with Crippen molar-refractivity contribution in [1.29, 1.82) is 0 Å². The van der Waals surface area contributed by atoms with Crippen LogP contribution in [0, 0.1) is 0 Å². The van der Waals surface area contributed by atoms with Gasteiger partial charge in [-0.1, -0.05) is 6.07 Å². The topological polar surface area (TPSA) is 80.2 Å². The minimum atomic E-state index is -3.09. The first kappa shape index (κ1) is 22.7. The second-order valence-electron chi connectivity index (χ2n) is 8.68. The molecule has 3 rings (SSSR count). The normalized spacial score (nSPS) is 21.5. The van der Waals surface area contributed by atoms with Gasteiger partial charge in [0, 0.05) is 19.6 Å². The first-order valence-corrected chi connectivity index (χ1v) is 12.5. The van der Waals surface area contributed by atoms with Crippen molar-refractivity contribution in [3.63, 3.8) is 0 Å². The van der Waals surface area contributed by atoms with Crippen molar-refractivity contribution in [3.8, 4) is 11.5 Å². The molecule has 1 aromatic rings. The molecule has 1 N–H and O–H groups in total. The third-order valence-corrected chi connectivity index (χ3v) is 8.45. The molecule has 1 saturated carbocycles. The van der Waals surface area contributed by atoms with Crippen LogP contribution in [0.5, 0.6) is 11.5 Å². The summed E-state index contributed by atoms with van der Waals surface area (Å²) in [5, 5.41) is 3.31. The van der Waals surface area contributed by atoms with Gasteiger partial charge in [-0.3, -0.25) is 0 Å². The lowest BCUT2D eigenvalue weighted by molar-refractivity contribution is 0.200. The van der Waals surface area contributed by atoms with Crippen molar-refractivity contribution in [2.75, 3.05) is 32.5 Å². The summed E-state index contributed by atoms with van der Waals surface area (Å²) < 4.78 is 35.6. The number of hydrogen-bond acceptors (Lipinski definition) is 5. The van der Waals surface area contributed by atoms with Gasteiger partial charge in [-0.05, 0) is 64.2 Å². The maximum Gasteiger partial charge on any atom is 0.194 e. The van der Waals surface area contributed by atoms with Crippen LogP contribution < -0.4 is 14.8 Å². The molecule has 1 aromatic carbocycles. The zero-order valence-electron chi connectivity index (χ0n) is 18.6. The van der Waals surface area contributed by atoms with Gasteiger partial charge in [0.15, 0.2) is 27.3 Å². The molecular formula is C22H35N3O4S. The number of methoxy groups -OCH3 is 1. The Labute approximate surface area is 180 Å². The molecule has 7 nitrogen and oxygen atoms in total. The Kier molecular flexibility index (Phi) is 7.16. The Balaban J connectivity index is 1.76. The van der Waals surface area contributed by atoms with E-state index in [9.17, 15) is 8.42 Å². The van der Waals surface area contributed by atoms with E-state index in [1.807, 2.05) is 30.0 Å². The van der Waals surface area contributed by atoms with Crippen molar-refractivity contribution < 1.29 is 17.9 Å². The highest BCUT2D eigenvalue weighted by atomic mass is 32.2. The molecule has 2 fully saturated rings. The SMILES string of the molecule is CCNC(=NCc1ccc(OC)c(OC2CCCC2)c1)N1CCS(=O)(=O)C(C)(C)C1. The van der Waals surface area contributed by atoms with E-state index in [1.54, 1.807) is 21.0 Å². The van der Waals surface area contributed by atoms with Crippen molar-refractivity contribution in [3.05, 3.63) is 23.8 Å². The Morgan fingerprint density at radius 1 is 1.27 bits per heavy atom. The van der Waals surface area contributed by atoms with Gasteiger partial charge in [0.05, 0.1) is 30.3 Å². The fourth-order valence-electron chi connectivity index (χ4n) is 4.01. The first-order chi connectivity index (χ1) is 14.3. The number of hydrogen-bond donors (Lipinski definition) is 1. The highest BCUT2D eigenvalue weighted by molar-refractivity contribution is 7.92. The van der Waals surface area contributed by atoms with Crippen LogP contribution in [0.2, 0.25) is 0 Å². The summed E-state index contributed by atoms with van der Waals surface area (Å²) in [5.74, 6) is 2.40. The average molecular weight is 438 g/mol. The van der Waals surface area contributed by atoms with Gasteiger partial charge in [-0.25, -0.2) is 13.4 Å². The van der Waals surface area contributed by atoms with Crippen LogP contribution >= 0.6 is 0 Å². The van der Waals surface area contributed by atoms with Crippen molar-refractivity contribution in [2.24, 2.45) is 4.99 Å². The van der Waals surface area contributed by atoms with Crippen LogP contribution in [0.1, 0.15) is 52.0 Å². The highest BCUT2D eigenvalue weighted by Gasteiger charge is 2.40. The van der Waals surface area contributed by atoms with Crippen LogP contribution in [-0.2, 0) is 16.4 Å². The van der Waals surface area contributed by atoms with E-state index in [1.165, 1.54) is 12.8 Å². The maximum atomic E-state index is 12.3. The molecule has 1 heterocycles. The van der Waals surface area contributed by atoms with Crippen LogP contribution in [0.15, 0.2) is 23.2 Å². The van der Waals surface area contributed by atoms with E-state index in [0.29, 0.717) is 19.6 Å². The predicted octanol–water partition coefficient (Wildman–Crippen LogP) is 2.99. The van der Waals surface area contributed by atoms with Gasteiger partial charge in [0.2, 0.25) is 0 Å². The largest absolute Gasteiger partial charge is 0.493 e. The number of rotatable bonds is 6. The second kappa shape index (κ2) is 9.45. The van der Waals surface area contributed by atoms with Crippen molar-refractivity contribution in [2.45, 2.75) is 63.9 Å². The number of sulfone groups is 1. The summed E-state index contributed by atoms with van der Waals surface area (Å²) in [6, 6.07) is 5.94. The minimum absolute atomic E-state index is 0.145. The molecule has 2 aliphatic rings. The van der Waals surface area contributed by atoms with E-state index in [-0.39, 0.29) is 11.9 Å². The Bertz CT molecular complexity index is 861. The molecule has 0 bridgehead atoms. The molecule has 0 spiro atoms. The zero-order chi connectivity index (χ0) is 21.8. The fourth-order valence-corrected chi connectivity index (χ4v) is 5.38. The van der Waals surface area contributed by atoms with Gasteiger partial charge in [0.1, 0.15) is 0 Å². The number of guanidine groups is 1. The molecule has 0 atom stereocenters. The molecular weight excluding hydrogens is 402 g/mol. The van der Waals surface area contributed by atoms with Crippen molar-refractivity contribution >= 4 is 15.8 Å². The number of benzene rings is 1. The zero-order valence-corrected chi connectivity index (χ0v) is 19.4. The van der Waals surface area contributed by atoms with Crippen LogP contribution in [0.4, 0.5) is 0 Å². The van der Waals surface area contributed by atoms with E-state index < -0.39 is 14.6 Å². The van der Waals surface area contributed by atoms with Crippen molar-refractivity contribution in [1.82, 2.24) is 10.2 Å². The van der Waals surface area contributed by atoms with Gasteiger partial charge in [-0.2, -0.15) is 0 Å². The maximum absolute atomic E-state index is 12.3. The second-order valence-corrected chi connectivity index (χ2v) is 11.4. The Morgan fingerprint density at radius 3 is 2.63 bits per heavy atom. The third kappa shape index (κ3) is 5.20. The van der Waals surface area contributed by atoms with E-state index in [0.717, 1.165) is 42.4 Å². The Hall–Kier alpha value is -1.96. The number of ether oxygens (including phenoxy) is 2. The summed E-state index contributed by atoms with van der Waals surface area (Å²) in [7, 11) is -1.43. The molecule has 0 aromatic heterocycles. The molecule has 0 amide bonds. The van der Waals surface area contributed by atoms with Gasteiger partial charge < -0.3 is 19.7 Å². The van der Waals surface area contributed by atoms with E-state index in [2.05, 4.69) is 5.32 Å². The lowest BCUT2D eigenvalue weighted by Crippen LogP contribution is -2.57. The van der Waals surface area contributed by atoms with E-state index in [4.69, 9.17) is 14.5 Å². The standard InChI is InChI=1S/C22H35N3O4S/c1-5-23-21(25-12-13-30(26,27)22(2,3)16-25)24-15-17-10-11-19(28-4)20(14-17)29-18-8-6-7-9-18/h10-11,14,18H,5-9,12-13,15-16H2,1-4H3,(H,23,24). The smallest absolute Gasteiger partial charge is 0.194 e. The number of aliphatic imine (C=N–C) groups is 1. The van der Waals surface area contributed by atoms with Crippen LogP contribution in [0.25, 0.3) is 0 Å². The van der Waals surface area contributed by atoms with Gasteiger partial charge in [-0.15, -0.1) is 0 Å². The third-order valence-electron chi connectivity index (χ3n) is 5.91. The van der Waals surface area contributed by atoms with Crippen LogP contribution in [0.3, 0.4) is 0 Å². The minimum Gasteiger partial charge on any atom is -0.493 e. The summed E-state index contributed by atoms with van der Waals surface area (Å²) in [5.41, 5.74) is 1.03. The highest BCUT2D eigenvalue weighted by Crippen LogP contribution is 2.32. The summed E-state index contributed by atoms with van der Waals surface area (Å²) in [6.45, 7) is 7.68.